The molecule has 3 nitrogen and oxygen atoms in total. The molecule has 1 heterocycles. The number of anilines is 2. The van der Waals surface area contributed by atoms with E-state index in [2.05, 4.69) is 22.3 Å². The normalized spacial score (nSPS) is 14.4. The van der Waals surface area contributed by atoms with Crippen molar-refractivity contribution in [2.75, 3.05) is 23.3 Å². The maximum absolute atomic E-state index is 13.2. The lowest BCUT2D eigenvalue weighted by atomic mass is 10.2. The van der Waals surface area contributed by atoms with Gasteiger partial charge >= 0.3 is 0 Å². The third-order valence-corrected chi connectivity index (χ3v) is 3.84. The first-order valence-electron chi connectivity index (χ1n) is 7.29. The van der Waals surface area contributed by atoms with Gasteiger partial charge < -0.3 is 15.3 Å². The van der Waals surface area contributed by atoms with E-state index < -0.39 is 0 Å². The molecule has 1 fully saturated rings. The molecule has 0 saturated carbocycles. The Morgan fingerprint density at radius 3 is 2.71 bits per heavy atom. The number of nitrogens with zero attached hydrogens (tertiary/aromatic N) is 1. The van der Waals surface area contributed by atoms with Gasteiger partial charge in [-0.05, 0) is 49.2 Å². The fourth-order valence-corrected chi connectivity index (χ4v) is 2.68. The molecule has 1 aliphatic rings. The Bertz CT molecular complexity index is 624. The summed E-state index contributed by atoms with van der Waals surface area (Å²) in [7, 11) is 0. The Labute approximate surface area is 124 Å². The van der Waals surface area contributed by atoms with Gasteiger partial charge in [0.15, 0.2) is 0 Å². The molecule has 4 heteroatoms. The van der Waals surface area contributed by atoms with Gasteiger partial charge in [-0.1, -0.05) is 6.07 Å². The van der Waals surface area contributed by atoms with E-state index >= 15 is 0 Å². The van der Waals surface area contributed by atoms with Gasteiger partial charge in [-0.3, -0.25) is 0 Å². The fraction of sp³-hybridized carbons (Fsp3) is 0.294. The van der Waals surface area contributed by atoms with Gasteiger partial charge in [-0.15, -0.1) is 0 Å². The van der Waals surface area contributed by atoms with Crippen LogP contribution in [0.25, 0.3) is 0 Å². The third-order valence-electron chi connectivity index (χ3n) is 3.84. The number of benzene rings is 2. The summed E-state index contributed by atoms with van der Waals surface area (Å²) in [5.74, 6) is -0.227. The van der Waals surface area contributed by atoms with Crippen LogP contribution < -0.4 is 10.2 Å². The van der Waals surface area contributed by atoms with Gasteiger partial charge in [0.25, 0.3) is 0 Å². The van der Waals surface area contributed by atoms with Crippen molar-refractivity contribution in [1.29, 1.82) is 0 Å². The fourth-order valence-electron chi connectivity index (χ4n) is 2.68. The Morgan fingerprint density at radius 2 is 1.90 bits per heavy atom. The van der Waals surface area contributed by atoms with Gasteiger partial charge in [0.1, 0.15) is 11.6 Å². The van der Waals surface area contributed by atoms with Crippen molar-refractivity contribution in [3.8, 4) is 5.75 Å². The minimum absolute atomic E-state index is 0.111. The molecule has 0 amide bonds. The van der Waals surface area contributed by atoms with Gasteiger partial charge in [-0.25, -0.2) is 4.39 Å². The first kappa shape index (κ1) is 13.7. The first-order valence-corrected chi connectivity index (χ1v) is 7.29. The van der Waals surface area contributed by atoms with Crippen molar-refractivity contribution in [1.82, 2.24) is 0 Å². The van der Waals surface area contributed by atoms with Gasteiger partial charge in [-0.2, -0.15) is 0 Å². The van der Waals surface area contributed by atoms with Crippen LogP contribution in [0.3, 0.4) is 0 Å². The average Bonchev–Trinajstić information content (AvgIpc) is 3.03. The minimum Gasteiger partial charge on any atom is -0.508 e. The molecule has 2 aromatic carbocycles. The molecule has 2 aromatic rings. The van der Waals surface area contributed by atoms with E-state index in [0.29, 0.717) is 12.1 Å². The van der Waals surface area contributed by atoms with Crippen LogP contribution in [0.5, 0.6) is 5.75 Å². The van der Waals surface area contributed by atoms with Crippen molar-refractivity contribution in [2.45, 2.75) is 19.4 Å². The van der Waals surface area contributed by atoms with Crippen molar-refractivity contribution in [2.24, 2.45) is 0 Å². The largest absolute Gasteiger partial charge is 0.508 e. The molecule has 0 atom stereocenters. The number of aromatic hydroxyl groups is 1. The van der Waals surface area contributed by atoms with E-state index in [1.165, 1.54) is 36.7 Å². The molecule has 1 aliphatic heterocycles. The molecular formula is C17H19FN2O. The molecule has 0 spiro atoms. The Balaban J connectivity index is 1.70. The molecule has 3 rings (SSSR count). The molecule has 0 unspecified atom stereocenters. The maximum atomic E-state index is 13.2. The summed E-state index contributed by atoms with van der Waals surface area (Å²) >= 11 is 0. The van der Waals surface area contributed by atoms with E-state index in [1.807, 2.05) is 12.1 Å². The summed E-state index contributed by atoms with van der Waals surface area (Å²) in [5.41, 5.74) is 2.74. The van der Waals surface area contributed by atoms with Gasteiger partial charge in [0, 0.05) is 36.6 Å². The summed E-state index contributed by atoms with van der Waals surface area (Å²) in [6.07, 6.45) is 2.49. The molecule has 0 aliphatic carbocycles. The highest BCUT2D eigenvalue weighted by Gasteiger charge is 2.12. The topological polar surface area (TPSA) is 35.5 Å². The lowest BCUT2D eigenvalue weighted by Crippen LogP contribution is -2.17. The van der Waals surface area contributed by atoms with Crippen LogP contribution in [0, 0.1) is 5.82 Å². The lowest BCUT2D eigenvalue weighted by molar-refractivity contribution is 0.466. The molecular weight excluding hydrogens is 267 g/mol. The zero-order valence-corrected chi connectivity index (χ0v) is 11.8. The van der Waals surface area contributed by atoms with Crippen LogP contribution in [0.1, 0.15) is 18.4 Å². The van der Waals surface area contributed by atoms with Crippen molar-refractivity contribution < 1.29 is 9.50 Å². The Hall–Kier alpha value is -2.23. The summed E-state index contributed by atoms with van der Waals surface area (Å²) in [6.45, 7) is 2.61. The quantitative estimate of drug-likeness (QED) is 0.898. The number of halogens is 1. The number of phenolic OH excluding ortho intramolecular Hbond substituents is 1. The predicted molar refractivity (Wildman–Crippen MR) is 83.3 cm³/mol. The molecule has 0 radical (unpaired) electrons. The smallest absolute Gasteiger partial charge is 0.123 e. The maximum Gasteiger partial charge on any atom is 0.123 e. The molecule has 21 heavy (non-hydrogen) atoms. The second-order valence-electron chi connectivity index (χ2n) is 5.37. The van der Waals surface area contributed by atoms with E-state index in [-0.39, 0.29) is 11.6 Å². The minimum atomic E-state index is -0.338. The van der Waals surface area contributed by atoms with Crippen LogP contribution in [0.4, 0.5) is 15.8 Å². The van der Waals surface area contributed by atoms with Gasteiger partial charge in [0.05, 0.1) is 0 Å². The summed E-state index contributed by atoms with van der Waals surface area (Å²) in [4.78, 5) is 2.37. The number of nitrogens with one attached hydrogen (secondary N) is 1. The highest BCUT2D eigenvalue weighted by Crippen LogP contribution is 2.24. The van der Waals surface area contributed by atoms with Crippen molar-refractivity contribution in [3.05, 3.63) is 53.8 Å². The SMILES string of the molecule is Oc1ccc(F)cc1CNc1cccc(N2CCCC2)c1. The van der Waals surface area contributed by atoms with E-state index in [1.54, 1.807) is 0 Å². The lowest BCUT2D eigenvalue weighted by Gasteiger charge is -2.18. The molecule has 110 valence electrons. The Morgan fingerprint density at radius 1 is 1.10 bits per heavy atom. The van der Waals surface area contributed by atoms with Crippen LogP contribution >= 0.6 is 0 Å². The zero-order chi connectivity index (χ0) is 14.7. The van der Waals surface area contributed by atoms with E-state index in [9.17, 15) is 9.50 Å². The summed E-state index contributed by atoms with van der Waals surface area (Å²) in [5, 5.41) is 13.0. The van der Waals surface area contributed by atoms with Crippen LogP contribution in [0.15, 0.2) is 42.5 Å². The third kappa shape index (κ3) is 3.27. The van der Waals surface area contributed by atoms with Crippen LogP contribution in [0.2, 0.25) is 0 Å². The second-order valence-corrected chi connectivity index (χ2v) is 5.37. The summed E-state index contributed by atoms with van der Waals surface area (Å²) < 4.78 is 13.2. The second kappa shape index (κ2) is 6.04. The monoisotopic (exact) mass is 286 g/mol. The molecule has 0 aromatic heterocycles. The summed E-state index contributed by atoms with van der Waals surface area (Å²) in [6, 6.07) is 12.2. The molecule has 2 N–H and O–H groups in total. The standard InChI is InChI=1S/C17H19FN2O/c18-14-6-7-17(21)13(10-14)12-19-15-4-3-5-16(11-15)20-8-1-2-9-20/h3-7,10-11,19,21H,1-2,8-9,12H2. The van der Waals surface area contributed by atoms with E-state index in [0.717, 1.165) is 18.8 Å². The average molecular weight is 286 g/mol. The zero-order valence-electron chi connectivity index (χ0n) is 11.8. The predicted octanol–water partition coefficient (Wildman–Crippen LogP) is 3.74. The number of phenols is 1. The van der Waals surface area contributed by atoms with E-state index in [4.69, 9.17) is 0 Å². The highest BCUT2D eigenvalue weighted by atomic mass is 19.1. The first-order chi connectivity index (χ1) is 10.2. The number of hydrogen-bond acceptors (Lipinski definition) is 3. The van der Waals surface area contributed by atoms with Crippen molar-refractivity contribution in [3.63, 3.8) is 0 Å². The highest BCUT2D eigenvalue weighted by molar-refractivity contribution is 5.58. The van der Waals surface area contributed by atoms with Crippen LogP contribution in [-0.4, -0.2) is 18.2 Å². The van der Waals surface area contributed by atoms with Crippen molar-refractivity contribution >= 4 is 11.4 Å². The Kier molecular flexibility index (Phi) is 3.95. The molecule has 1 saturated heterocycles. The van der Waals surface area contributed by atoms with Crippen LogP contribution in [-0.2, 0) is 6.54 Å². The van der Waals surface area contributed by atoms with Gasteiger partial charge in [0.2, 0.25) is 0 Å². The number of hydrogen-bond donors (Lipinski definition) is 2. The molecule has 0 bridgehead atoms. The number of rotatable bonds is 4.